The van der Waals surface area contributed by atoms with Gasteiger partial charge in [0, 0.05) is 5.56 Å². The monoisotopic (exact) mass is 197 g/mol. The Balaban J connectivity index is 3.08. The third-order valence-electron chi connectivity index (χ3n) is 1.78. The topological polar surface area (TPSA) is 81.8 Å². The van der Waals surface area contributed by atoms with E-state index < -0.39 is 12.1 Å². The van der Waals surface area contributed by atoms with Gasteiger partial charge in [-0.15, -0.1) is 0 Å². The van der Waals surface area contributed by atoms with Crippen molar-refractivity contribution in [1.82, 2.24) is 0 Å². The van der Waals surface area contributed by atoms with Crippen LogP contribution in [0.5, 0.6) is 5.75 Å². The average Bonchev–Trinajstić information content (AvgIpc) is 2.19. The molecule has 0 aliphatic carbocycles. The Bertz CT molecular complexity index is 326. The van der Waals surface area contributed by atoms with Gasteiger partial charge in [0.05, 0.1) is 7.11 Å². The summed E-state index contributed by atoms with van der Waals surface area (Å²) in [6.45, 7) is 0. The molecule has 0 saturated heterocycles. The molecule has 0 fully saturated rings. The van der Waals surface area contributed by atoms with Gasteiger partial charge in [0.1, 0.15) is 5.75 Å². The Labute approximate surface area is 81.0 Å². The van der Waals surface area contributed by atoms with Crippen LogP contribution in [0.4, 0.5) is 0 Å². The number of ether oxygens (including phenoxy) is 1. The van der Waals surface area contributed by atoms with Gasteiger partial charge in [-0.2, -0.15) is 0 Å². The van der Waals surface area contributed by atoms with Crippen LogP contribution >= 0.6 is 0 Å². The maximum absolute atomic E-state index is 10.7. The quantitative estimate of drug-likeness (QED) is 0.695. The molecule has 1 aromatic carbocycles. The molecule has 0 bridgehead atoms. The molecule has 0 amide bonds. The van der Waals surface area contributed by atoms with E-state index in [2.05, 4.69) is 4.84 Å². The molecular weight excluding hydrogens is 186 g/mol. The maximum atomic E-state index is 10.7. The molecule has 0 aliphatic heterocycles. The van der Waals surface area contributed by atoms with Crippen LogP contribution < -0.4 is 10.6 Å². The van der Waals surface area contributed by atoms with Crippen LogP contribution in [-0.4, -0.2) is 18.2 Å². The largest absolute Gasteiger partial charge is 0.496 e. The van der Waals surface area contributed by atoms with Crippen molar-refractivity contribution in [3.05, 3.63) is 29.8 Å². The molecular formula is C9H11NO4. The van der Waals surface area contributed by atoms with E-state index in [1.54, 1.807) is 24.3 Å². The van der Waals surface area contributed by atoms with Gasteiger partial charge in [0.25, 0.3) is 0 Å². The number of carboxylic acids is 1. The van der Waals surface area contributed by atoms with Crippen LogP contribution in [-0.2, 0) is 9.63 Å². The summed E-state index contributed by atoms with van der Waals surface area (Å²) in [5.41, 5.74) is 0.394. The Morgan fingerprint density at radius 1 is 1.50 bits per heavy atom. The number of carboxylic acid groups (broad SMARTS) is 1. The summed E-state index contributed by atoms with van der Waals surface area (Å²) in [5, 5.41) is 8.79. The number of nitrogens with two attached hydrogens (primary N) is 1. The molecule has 5 nitrogen and oxygen atoms in total. The summed E-state index contributed by atoms with van der Waals surface area (Å²) in [4.78, 5) is 15.1. The molecule has 0 spiro atoms. The van der Waals surface area contributed by atoms with Gasteiger partial charge in [-0.25, -0.2) is 10.7 Å². The normalized spacial score (nSPS) is 12.1. The molecule has 3 N–H and O–H groups in total. The number of para-hydroxylation sites is 1. The Kier molecular flexibility index (Phi) is 3.44. The lowest BCUT2D eigenvalue weighted by molar-refractivity contribution is -0.151. The van der Waals surface area contributed by atoms with Gasteiger partial charge in [-0.05, 0) is 6.07 Å². The second-order valence-corrected chi connectivity index (χ2v) is 2.60. The third-order valence-corrected chi connectivity index (χ3v) is 1.78. The first kappa shape index (κ1) is 10.5. The first-order chi connectivity index (χ1) is 6.70. The minimum atomic E-state index is -1.20. The highest BCUT2D eigenvalue weighted by atomic mass is 16.6. The van der Waals surface area contributed by atoms with Gasteiger partial charge in [0.2, 0.25) is 6.10 Å². The highest BCUT2D eigenvalue weighted by molar-refractivity contribution is 5.75. The molecule has 0 saturated carbocycles. The van der Waals surface area contributed by atoms with Crippen molar-refractivity contribution < 1.29 is 19.5 Å². The van der Waals surface area contributed by atoms with Gasteiger partial charge >= 0.3 is 5.97 Å². The van der Waals surface area contributed by atoms with Crippen LogP contribution in [0.15, 0.2) is 24.3 Å². The van der Waals surface area contributed by atoms with Crippen LogP contribution in [0.1, 0.15) is 11.7 Å². The summed E-state index contributed by atoms with van der Waals surface area (Å²) >= 11 is 0. The first-order valence-corrected chi connectivity index (χ1v) is 3.92. The van der Waals surface area contributed by atoms with E-state index in [1.165, 1.54) is 7.11 Å². The summed E-state index contributed by atoms with van der Waals surface area (Å²) in [6, 6.07) is 6.65. The lowest BCUT2D eigenvalue weighted by atomic mass is 10.1. The summed E-state index contributed by atoms with van der Waals surface area (Å²) in [5.74, 6) is 4.17. The zero-order valence-electron chi connectivity index (χ0n) is 7.64. The van der Waals surface area contributed by atoms with Crippen molar-refractivity contribution in [1.29, 1.82) is 0 Å². The molecule has 0 heterocycles. The minimum Gasteiger partial charge on any atom is -0.496 e. The molecule has 76 valence electrons. The number of aliphatic carboxylic acids is 1. The fourth-order valence-electron chi connectivity index (χ4n) is 1.15. The van der Waals surface area contributed by atoms with E-state index in [9.17, 15) is 4.79 Å². The Morgan fingerprint density at radius 3 is 2.64 bits per heavy atom. The third kappa shape index (κ3) is 2.01. The lowest BCUT2D eigenvalue weighted by Crippen LogP contribution is -2.19. The maximum Gasteiger partial charge on any atom is 0.339 e. The summed E-state index contributed by atoms with van der Waals surface area (Å²) < 4.78 is 4.98. The second kappa shape index (κ2) is 4.59. The number of hydrogen-bond acceptors (Lipinski definition) is 4. The van der Waals surface area contributed by atoms with Crippen molar-refractivity contribution in [2.75, 3.05) is 7.11 Å². The SMILES string of the molecule is COc1ccccc1C(ON)C(=O)O. The van der Waals surface area contributed by atoms with Crippen molar-refractivity contribution in [2.45, 2.75) is 6.10 Å². The molecule has 0 aromatic heterocycles. The van der Waals surface area contributed by atoms with Crippen LogP contribution in [0.2, 0.25) is 0 Å². The minimum absolute atomic E-state index is 0.394. The number of methoxy groups -OCH3 is 1. The molecule has 0 radical (unpaired) electrons. The van der Waals surface area contributed by atoms with E-state index in [0.29, 0.717) is 11.3 Å². The van der Waals surface area contributed by atoms with Gasteiger partial charge in [-0.3, -0.25) is 4.84 Å². The summed E-state index contributed by atoms with van der Waals surface area (Å²) in [7, 11) is 1.45. The molecule has 1 atom stereocenters. The van der Waals surface area contributed by atoms with Crippen molar-refractivity contribution in [3.63, 3.8) is 0 Å². The number of benzene rings is 1. The van der Waals surface area contributed by atoms with Gasteiger partial charge < -0.3 is 9.84 Å². The van der Waals surface area contributed by atoms with Crippen LogP contribution in [0.3, 0.4) is 0 Å². The highest BCUT2D eigenvalue weighted by Gasteiger charge is 2.23. The molecule has 1 unspecified atom stereocenters. The Morgan fingerprint density at radius 2 is 2.14 bits per heavy atom. The van der Waals surface area contributed by atoms with E-state index in [0.717, 1.165) is 0 Å². The highest BCUT2D eigenvalue weighted by Crippen LogP contribution is 2.26. The van der Waals surface area contributed by atoms with Crippen LogP contribution in [0, 0.1) is 0 Å². The Hall–Kier alpha value is -1.59. The molecule has 0 aliphatic rings. The smallest absolute Gasteiger partial charge is 0.339 e. The predicted octanol–water partition coefficient (Wildman–Crippen LogP) is 0.711. The predicted molar refractivity (Wildman–Crippen MR) is 48.6 cm³/mol. The standard InChI is InChI=1S/C9H11NO4/c1-13-7-5-3-2-4-6(7)8(14-10)9(11)12/h2-5,8H,10H2,1H3,(H,11,12). The van der Waals surface area contributed by atoms with E-state index in [1.807, 2.05) is 0 Å². The number of hydrogen-bond donors (Lipinski definition) is 2. The van der Waals surface area contributed by atoms with E-state index in [-0.39, 0.29) is 0 Å². The number of rotatable bonds is 4. The van der Waals surface area contributed by atoms with E-state index >= 15 is 0 Å². The van der Waals surface area contributed by atoms with Crippen LogP contribution in [0.25, 0.3) is 0 Å². The first-order valence-electron chi connectivity index (χ1n) is 3.92. The second-order valence-electron chi connectivity index (χ2n) is 2.60. The van der Waals surface area contributed by atoms with Gasteiger partial charge in [-0.1, -0.05) is 18.2 Å². The molecule has 14 heavy (non-hydrogen) atoms. The summed E-state index contributed by atoms with van der Waals surface area (Å²) in [6.07, 6.45) is -1.20. The van der Waals surface area contributed by atoms with Crippen molar-refractivity contribution >= 4 is 5.97 Å². The fraction of sp³-hybridized carbons (Fsp3) is 0.222. The fourth-order valence-corrected chi connectivity index (χ4v) is 1.15. The molecule has 5 heteroatoms. The van der Waals surface area contributed by atoms with Gasteiger partial charge in [0.15, 0.2) is 0 Å². The van der Waals surface area contributed by atoms with Crippen molar-refractivity contribution in [3.8, 4) is 5.75 Å². The lowest BCUT2D eigenvalue weighted by Gasteiger charge is -2.13. The molecule has 1 rings (SSSR count). The zero-order valence-corrected chi connectivity index (χ0v) is 7.64. The molecule has 1 aromatic rings. The van der Waals surface area contributed by atoms with E-state index in [4.69, 9.17) is 15.7 Å². The number of carbonyl (C=O) groups is 1. The zero-order chi connectivity index (χ0) is 10.6. The average molecular weight is 197 g/mol. The van der Waals surface area contributed by atoms with Crippen molar-refractivity contribution in [2.24, 2.45) is 5.90 Å².